The summed E-state index contributed by atoms with van der Waals surface area (Å²) in [5.41, 5.74) is 0. The molecule has 0 aromatic rings. The molecule has 0 aromatic carbocycles. The first kappa shape index (κ1) is 6.59. The molecule has 0 amide bonds. The first-order chi connectivity index (χ1) is 4.86. The minimum atomic E-state index is -0.539. The second-order valence-electron chi connectivity index (χ2n) is 3.37. The summed E-state index contributed by atoms with van der Waals surface area (Å²) < 4.78 is 18.2. The fraction of sp³-hybridized carbons (Fsp3) is 1.00. The molecule has 1 aliphatic carbocycles. The molecule has 2 aliphatic rings. The lowest BCUT2D eigenvalue weighted by molar-refractivity contribution is 0.0435. The highest BCUT2D eigenvalue weighted by Crippen LogP contribution is 2.35. The summed E-state index contributed by atoms with van der Waals surface area (Å²) in [7, 11) is 0. The van der Waals surface area contributed by atoms with Gasteiger partial charge in [0, 0.05) is 6.61 Å². The van der Waals surface area contributed by atoms with Gasteiger partial charge in [-0.3, -0.25) is 0 Å². The highest BCUT2D eigenvalue weighted by atomic mass is 19.1. The molecule has 2 rings (SSSR count). The average molecular weight is 144 g/mol. The maximum atomic E-state index is 12.8. The first-order valence-corrected chi connectivity index (χ1v) is 4.12. The van der Waals surface area contributed by atoms with E-state index in [0.29, 0.717) is 12.0 Å². The molecular formula is C8H13FO. The van der Waals surface area contributed by atoms with Crippen molar-refractivity contribution in [1.82, 2.24) is 0 Å². The Morgan fingerprint density at radius 3 is 3.00 bits per heavy atom. The van der Waals surface area contributed by atoms with Crippen molar-refractivity contribution >= 4 is 0 Å². The standard InChI is InChI=1S/C8H13FO/c9-7-1-2-8-6(5-7)3-4-10-8/h6-8H,1-5H2/t6-,7-,8+/m1/s1. The van der Waals surface area contributed by atoms with Crippen LogP contribution in [-0.4, -0.2) is 18.9 Å². The molecule has 58 valence electrons. The van der Waals surface area contributed by atoms with Crippen LogP contribution < -0.4 is 0 Å². The largest absolute Gasteiger partial charge is 0.378 e. The molecule has 1 nitrogen and oxygen atoms in total. The molecule has 2 fully saturated rings. The summed E-state index contributed by atoms with van der Waals surface area (Å²) in [4.78, 5) is 0. The SMILES string of the molecule is F[C@@H]1CC[C@@H]2OCC[C@@H]2C1. The van der Waals surface area contributed by atoms with Crippen LogP contribution in [0, 0.1) is 5.92 Å². The fourth-order valence-corrected chi connectivity index (χ4v) is 2.07. The van der Waals surface area contributed by atoms with Gasteiger partial charge in [0.05, 0.1) is 6.10 Å². The zero-order valence-electron chi connectivity index (χ0n) is 6.05. The van der Waals surface area contributed by atoms with Crippen molar-refractivity contribution in [2.45, 2.75) is 38.0 Å². The van der Waals surface area contributed by atoms with Crippen LogP contribution in [0.15, 0.2) is 0 Å². The minimum Gasteiger partial charge on any atom is -0.378 e. The molecule has 1 saturated heterocycles. The molecule has 0 radical (unpaired) electrons. The van der Waals surface area contributed by atoms with E-state index in [-0.39, 0.29) is 0 Å². The predicted molar refractivity (Wildman–Crippen MR) is 36.6 cm³/mol. The van der Waals surface area contributed by atoms with Crippen LogP contribution in [0.5, 0.6) is 0 Å². The summed E-state index contributed by atoms with van der Waals surface area (Å²) in [6.07, 6.45) is 3.39. The molecular weight excluding hydrogens is 131 g/mol. The summed E-state index contributed by atoms with van der Waals surface area (Å²) in [6, 6.07) is 0. The van der Waals surface area contributed by atoms with E-state index in [4.69, 9.17) is 4.74 Å². The lowest BCUT2D eigenvalue weighted by Crippen LogP contribution is -2.26. The summed E-state index contributed by atoms with van der Waals surface area (Å²) in [5.74, 6) is 0.545. The Morgan fingerprint density at radius 1 is 1.20 bits per heavy atom. The molecule has 0 spiro atoms. The van der Waals surface area contributed by atoms with Crippen molar-refractivity contribution in [3.8, 4) is 0 Å². The topological polar surface area (TPSA) is 9.23 Å². The van der Waals surface area contributed by atoms with Gasteiger partial charge in [-0.05, 0) is 31.6 Å². The Labute approximate surface area is 60.6 Å². The summed E-state index contributed by atoms with van der Waals surface area (Å²) >= 11 is 0. The minimum absolute atomic E-state index is 0.409. The van der Waals surface area contributed by atoms with Crippen molar-refractivity contribution in [2.75, 3.05) is 6.61 Å². The smallest absolute Gasteiger partial charge is 0.101 e. The van der Waals surface area contributed by atoms with Crippen LogP contribution >= 0.6 is 0 Å². The van der Waals surface area contributed by atoms with Crippen molar-refractivity contribution in [2.24, 2.45) is 5.92 Å². The van der Waals surface area contributed by atoms with Gasteiger partial charge >= 0.3 is 0 Å². The van der Waals surface area contributed by atoms with E-state index >= 15 is 0 Å². The molecule has 1 heterocycles. The first-order valence-electron chi connectivity index (χ1n) is 4.12. The number of hydrogen-bond donors (Lipinski definition) is 0. The second-order valence-corrected chi connectivity index (χ2v) is 3.37. The van der Waals surface area contributed by atoms with Crippen LogP contribution in [0.25, 0.3) is 0 Å². The molecule has 1 saturated carbocycles. The van der Waals surface area contributed by atoms with Gasteiger partial charge in [0.25, 0.3) is 0 Å². The molecule has 1 aliphatic heterocycles. The number of ether oxygens (including phenoxy) is 1. The maximum Gasteiger partial charge on any atom is 0.101 e. The van der Waals surface area contributed by atoms with E-state index in [9.17, 15) is 4.39 Å². The van der Waals surface area contributed by atoms with E-state index < -0.39 is 6.17 Å². The zero-order chi connectivity index (χ0) is 6.97. The molecule has 3 atom stereocenters. The number of alkyl halides is 1. The summed E-state index contributed by atoms with van der Waals surface area (Å²) in [5, 5.41) is 0. The van der Waals surface area contributed by atoms with E-state index in [0.717, 1.165) is 32.3 Å². The number of rotatable bonds is 0. The van der Waals surface area contributed by atoms with Gasteiger partial charge in [0.1, 0.15) is 6.17 Å². The van der Waals surface area contributed by atoms with E-state index in [1.165, 1.54) is 0 Å². The number of fused-ring (bicyclic) bond motifs is 1. The van der Waals surface area contributed by atoms with Gasteiger partial charge in [-0.2, -0.15) is 0 Å². The third-order valence-electron chi connectivity index (χ3n) is 2.67. The Kier molecular flexibility index (Phi) is 1.65. The third-order valence-corrected chi connectivity index (χ3v) is 2.67. The highest BCUT2D eigenvalue weighted by Gasteiger charge is 2.34. The fourth-order valence-electron chi connectivity index (χ4n) is 2.07. The van der Waals surface area contributed by atoms with E-state index in [1.54, 1.807) is 0 Å². The number of hydrogen-bond acceptors (Lipinski definition) is 1. The number of halogens is 1. The van der Waals surface area contributed by atoms with Gasteiger partial charge in [-0.15, -0.1) is 0 Å². The van der Waals surface area contributed by atoms with Crippen LogP contribution in [0.4, 0.5) is 4.39 Å². The van der Waals surface area contributed by atoms with Crippen LogP contribution in [0.3, 0.4) is 0 Å². The summed E-state index contributed by atoms with van der Waals surface area (Å²) in [6.45, 7) is 0.863. The zero-order valence-corrected chi connectivity index (χ0v) is 6.05. The maximum absolute atomic E-state index is 12.8. The van der Waals surface area contributed by atoms with Gasteiger partial charge in [0.2, 0.25) is 0 Å². The Morgan fingerprint density at radius 2 is 2.10 bits per heavy atom. The Balaban J connectivity index is 1.96. The molecule has 0 bridgehead atoms. The molecule has 0 aromatic heterocycles. The van der Waals surface area contributed by atoms with Crippen LogP contribution in [-0.2, 0) is 4.74 Å². The average Bonchev–Trinajstić information content (AvgIpc) is 2.33. The van der Waals surface area contributed by atoms with Gasteiger partial charge < -0.3 is 4.74 Å². The van der Waals surface area contributed by atoms with Gasteiger partial charge in [-0.25, -0.2) is 4.39 Å². The van der Waals surface area contributed by atoms with Gasteiger partial charge in [-0.1, -0.05) is 0 Å². The monoisotopic (exact) mass is 144 g/mol. The lowest BCUT2D eigenvalue weighted by atomic mass is 9.85. The van der Waals surface area contributed by atoms with Crippen molar-refractivity contribution in [3.63, 3.8) is 0 Å². The normalized spacial score (nSPS) is 47.1. The predicted octanol–water partition coefficient (Wildman–Crippen LogP) is 1.91. The Bertz CT molecular complexity index is 126. The molecule has 0 N–H and O–H groups in total. The van der Waals surface area contributed by atoms with Crippen molar-refractivity contribution in [1.29, 1.82) is 0 Å². The lowest BCUT2D eigenvalue weighted by Gasteiger charge is -2.25. The Hall–Kier alpha value is -0.110. The molecule has 2 heteroatoms. The third kappa shape index (κ3) is 1.05. The van der Waals surface area contributed by atoms with E-state index in [1.807, 2.05) is 0 Å². The van der Waals surface area contributed by atoms with Crippen molar-refractivity contribution < 1.29 is 9.13 Å². The highest BCUT2D eigenvalue weighted by molar-refractivity contribution is 4.84. The van der Waals surface area contributed by atoms with Gasteiger partial charge in [0.15, 0.2) is 0 Å². The van der Waals surface area contributed by atoms with Crippen molar-refractivity contribution in [3.05, 3.63) is 0 Å². The van der Waals surface area contributed by atoms with E-state index in [2.05, 4.69) is 0 Å². The molecule has 10 heavy (non-hydrogen) atoms. The van der Waals surface area contributed by atoms with Crippen LogP contribution in [0.2, 0.25) is 0 Å². The quantitative estimate of drug-likeness (QED) is 0.504. The molecule has 0 unspecified atom stereocenters. The van der Waals surface area contributed by atoms with Crippen LogP contribution in [0.1, 0.15) is 25.7 Å². The second kappa shape index (κ2) is 2.50.